The van der Waals surface area contributed by atoms with Gasteiger partial charge in [0.1, 0.15) is 0 Å². The van der Waals surface area contributed by atoms with Crippen LogP contribution in [0.3, 0.4) is 0 Å². The summed E-state index contributed by atoms with van der Waals surface area (Å²) in [7, 11) is 0. The minimum Gasteiger partial charge on any atom is -0.454 e. The number of nitro groups is 1. The molecular formula is C19H15N3O4. The second-order valence-corrected chi connectivity index (χ2v) is 6.30. The number of aromatic nitrogens is 1. The number of nitrogens with zero attached hydrogens (tertiary/aromatic N) is 2. The van der Waals surface area contributed by atoms with E-state index in [1.165, 1.54) is 0 Å². The molecule has 0 saturated heterocycles. The molecule has 0 radical (unpaired) electrons. The molecule has 2 aliphatic rings. The van der Waals surface area contributed by atoms with E-state index in [1.807, 2.05) is 24.4 Å². The van der Waals surface area contributed by atoms with Crippen molar-refractivity contribution in [3.05, 3.63) is 81.7 Å². The van der Waals surface area contributed by atoms with Gasteiger partial charge in [0.15, 0.2) is 11.5 Å². The van der Waals surface area contributed by atoms with Gasteiger partial charge in [0, 0.05) is 36.6 Å². The summed E-state index contributed by atoms with van der Waals surface area (Å²) in [4.78, 5) is 10.5. The van der Waals surface area contributed by atoms with Gasteiger partial charge in [-0.05, 0) is 29.3 Å². The SMILES string of the molecule is O=[N+]([O-])c1ccc([C@H]2NCc3cc4c(cc3-n3cccc32)OCO4)cc1. The van der Waals surface area contributed by atoms with E-state index in [2.05, 4.69) is 16.0 Å². The van der Waals surface area contributed by atoms with Gasteiger partial charge in [-0.25, -0.2) is 0 Å². The summed E-state index contributed by atoms with van der Waals surface area (Å²) in [6.45, 7) is 0.894. The summed E-state index contributed by atoms with van der Waals surface area (Å²) >= 11 is 0. The van der Waals surface area contributed by atoms with Crippen LogP contribution in [0, 0.1) is 10.1 Å². The average Bonchev–Trinajstić information content (AvgIpc) is 3.28. The molecule has 2 aliphatic heterocycles. The molecule has 1 atom stereocenters. The lowest BCUT2D eigenvalue weighted by atomic mass is 10.0. The predicted molar refractivity (Wildman–Crippen MR) is 93.7 cm³/mol. The maximum atomic E-state index is 10.9. The van der Waals surface area contributed by atoms with Crippen LogP contribution in [0.5, 0.6) is 11.5 Å². The number of fused-ring (bicyclic) bond motifs is 4. The number of hydrogen-bond donors (Lipinski definition) is 1. The second-order valence-electron chi connectivity index (χ2n) is 6.30. The van der Waals surface area contributed by atoms with E-state index in [0.29, 0.717) is 6.54 Å². The van der Waals surface area contributed by atoms with Crippen LogP contribution in [-0.4, -0.2) is 16.3 Å². The normalized spacial score (nSPS) is 17.3. The van der Waals surface area contributed by atoms with Crippen molar-refractivity contribution in [3.8, 4) is 17.2 Å². The fourth-order valence-electron chi connectivity index (χ4n) is 3.58. The van der Waals surface area contributed by atoms with Gasteiger partial charge in [-0.15, -0.1) is 0 Å². The van der Waals surface area contributed by atoms with Gasteiger partial charge in [-0.1, -0.05) is 12.1 Å². The summed E-state index contributed by atoms with van der Waals surface area (Å²) < 4.78 is 13.2. The molecule has 0 unspecified atom stereocenters. The van der Waals surface area contributed by atoms with Crippen molar-refractivity contribution in [2.75, 3.05) is 6.79 Å². The molecule has 7 nitrogen and oxygen atoms in total. The van der Waals surface area contributed by atoms with Crippen molar-refractivity contribution >= 4 is 5.69 Å². The Labute approximate surface area is 148 Å². The molecule has 0 aliphatic carbocycles. The van der Waals surface area contributed by atoms with Crippen LogP contribution < -0.4 is 14.8 Å². The van der Waals surface area contributed by atoms with Gasteiger partial charge < -0.3 is 19.4 Å². The molecule has 1 aromatic heterocycles. The van der Waals surface area contributed by atoms with Crippen LogP contribution in [0.15, 0.2) is 54.7 Å². The third-order valence-corrected chi connectivity index (χ3v) is 4.84. The molecule has 26 heavy (non-hydrogen) atoms. The third-order valence-electron chi connectivity index (χ3n) is 4.84. The van der Waals surface area contributed by atoms with Crippen molar-refractivity contribution in [3.63, 3.8) is 0 Å². The van der Waals surface area contributed by atoms with Crippen LogP contribution >= 0.6 is 0 Å². The van der Waals surface area contributed by atoms with E-state index in [9.17, 15) is 10.1 Å². The van der Waals surface area contributed by atoms with Crippen LogP contribution in [-0.2, 0) is 6.54 Å². The van der Waals surface area contributed by atoms with E-state index in [0.717, 1.165) is 34.0 Å². The molecular weight excluding hydrogens is 334 g/mol. The fraction of sp³-hybridized carbons (Fsp3) is 0.158. The Balaban J connectivity index is 1.59. The summed E-state index contributed by atoms with van der Waals surface area (Å²) in [6, 6.07) is 14.7. The quantitative estimate of drug-likeness (QED) is 0.567. The first-order chi connectivity index (χ1) is 12.7. The van der Waals surface area contributed by atoms with Crippen molar-refractivity contribution in [1.82, 2.24) is 9.88 Å². The van der Waals surface area contributed by atoms with Gasteiger partial charge in [-0.3, -0.25) is 10.1 Å². The summed E-state index contributed by atoms with van der Waals surface area (Å²) in [5, 5.41) is 14.5. The van der Waals surface area contributed by atoms with E-state index in [1.54, 1.807) is 24.3 Å². The number of nitrogens with one attached hydrogen (secondary N) is 1. The highest BCUT2D eigenvalue weighted by Crippen LogP contribution is 2.39. The van der Waals surface area contributed by atoms with Crippen LogP contribution in [0.25, 0.3) is 5.69 Å². The van der Waals surface area contributed by atoms with Crippen molar-refractivity contribution in [2.45, 2.75) is 12.6 Å². The van der Waals surface area contributed by atoms with Gasteiger partial charge in [0.25, 0.3) is 5.69 Å². The van der Waals surface area contributed by atoms with Crippen LogP contribution in [0.1, 0.15) is 22.9 Å². The van der Waals surface area contributed by atoms with Gasteiger partial charge >= 0.3 is 0 Å². The molecule has 0 fully saturated rings. The second kappa shape index (κ2) is 5.60. The topological polar surface area (TPSA) is 78.6 Å². The van der Waals surface area contributed by atoms with Crippen molar-refractivity contribution in [1.29, 1.82) is 0 Å². The first-order valence-corrected chi connectivity index (χ1v) is 8.28. The minimum absolute atomic E-state index is 0.0742. The highest BCUT2D eigenvalue weighted by Gasteiger charge is 2.26. The molecule has 0 bridgehead atoms. The smallest absolute Gasteiger partial charge is 0.269 e. The van der Waals surface area contributed by atoms with Gasteiger partial charge in [0.05, 0.1) is 16.7 Å². The average molecular weight is 349 g/mol. The monoisotopic (exact) mass is 349 g/mol. The number of nitro benzene ring substituents is 1. The van der Waals surface area contributed by atoms with E-state index >= 15 is 0 Å². The van der Waals surface area contributed by atoms with E-state index < -0.39 is 0 Å². The summed E-state index contributed by atoms with van der Waals surface area (Å²) in [5.41, 5.74) is 4.29. The van der Waals surface area contributed by atoms with Crippen molar-refractivity contribution < 1.29 is 14.4 Å². The molecule has 2 aromatic carbocycles. The van der Waals surface area contributed by atoms with E-state index in [-0.39, 0.29) is 23.4 Å². The number of hydrogen-bond acceptors (Lipinski definition) is 5. The molecule has 0 saturated carbocycles. The fourth-order valence-corrected chi connectivity index (χ4v) is 3.58. The maximum absolute atomic E-state index is 10.9. The molecule has 0 amide bonds. The zero-order valence-electron chi connectivity index (χ0n) is 13.7. The predicted octanol–water partition coefficient (Wildman–Crippen LogP) is 3.31. The zero-order chi connectivity index (χ0) is 17.7. The lowest BCUT2D eigenvalue weighted by Gasteiger charge is -2.18. The number of non-ortho nitro benzene ring substituents is 1. The van der Waals surface area contributed by atoms with Crippen LogP contribution in [0.4, 0.5) is 5.69 Å². The largest absolute Gasteiger partial charge is 0.454 e. The lowest BCUT2D eigenvalue weighted by Crippen LogP contribution is -2.21. The Hall–Kier alpha value is -3.32. The Kier molecular flexibility index (Phi) is 3.23. The number of benzene rings is 2. The number of rotatable bonds is 2. The Morgan fingerprint density at radius 2 is 1.88 bits per heavy atom. The zero-order valence-corrected chi connectivity index (χ0v) is 13.7. The molecule has 3 heterocycles. The summed E-state index contributed by atoms with van der Waals surface area (Å²) in [5.74, 6) is 1.50. The first kappa shape index (κ1) is 15.0. The Morgan fingerprint density at radius 3 is 2.65 bits per heavy atom. The van der Waals surface area contributed by atoms with Gasteiger partial charge in [0.2, 0.25) is 6.79 Å². The standard InChI is InChI=1S/C19H15N3O4/c23-22(24)14-5-3-12(4-6-14)19-15-2-1-7-21(15)16-9-18-17(25-11-26-18)8-13(16)10-20-19/h1-9,19-20H,10-11H2/t19-/m1/s1. The molecule has 3 aromatic rings. The first-order valence-electron chi connectivity index (χ1n) is 8.28. The van der Waals surface area contributed by atoms with Crippen molar-refractivity contribution in [2.24, 2.45) is 0 Å². The highest BCUT2D eigenvalue weighted by molar-refractivity contribution is 5.57. The van der Waals surface area contributed by atoms with Gasteiger partial charge in [-0.2, -0.15) is 0 Å². The molecule has 0 spiro atoms. The third kappa shape index (κ3) is 2.25. The molecule has 7 heteroatoms. The molecule has 130 valence electrons. The molecule has 5 rings (SSSR count). The van der Waals surface area contributed by atoms with E-state index in [4.69, 9.17) is 9.47 Å². The summed E-state index contributed by atoms with van der Waals surface area (Å²) in [6.07, 6.45) is 2.02. The number of ether oxygens (including phenoxy) is 2. The highest BCUT2D eigenvalue weighted by atomic mass is 16.7. The Morgan fingerprint density at radius 1 is 1.12 bits per heavy atom. The minimum atomic E-state index is -0.385. The molecule has 1 N–H and O–H groups in total. The Bertz CT molecular complexity index is 1010. The van der Waals surface area contributed by atoms with Crippen LogP contribution in [0.2, 0.25) is 0 Å². The lowest BCUT2D eigenvalue weighted by molar-refractivity contribution is -0.384. The maximum Gasteiger partial charge on any atom is 0.269 e.